The standard InChI is InChI=1S/C9H4.C7H12O2.CO2/c1-3-5-7-9-8-6-4-2;8-7(9)6-4-2-1-3-5-6;2-1-3/h1H,2H3;6H,1-5H2,(H,8,9);. The molecule has 0 bridgehead atoms. The molecule has 1 aliphatic rings. The van der Waals surface area contributed by atoms with Gasteiger partial charge in [-0.1, -0.05) is 25.2 Å². The molecule has 4 heteroatoms. The molecule has 1 N–H and O–H groups in total. The van der Waals surface area contributed by atoms with Gasteiger partial charge < -0.3 is 5.11 Å². The Morgan fingerprint density at radius 2 is 1.48 bits per heavy atom. The second kappa shape index (κ2) is 17.1. The number of hydrogen-bond acceptors (Lipinski definition) is 3. The second-order valence-corrected chi connectivity index (χ2v) is 3.78. The first-order valence-corrected chi connectivity index (χ1v) is 6.23. The lowest BCUT2D eigenvalue weighted by molar-refractivity contribution is -0.191. The summed E-state index contributed by atoms with van der Waals surface area (Å²) in [4.78, 5) is 26.6. The molecule has 1 aliphatic carbocycles. The Labute approximate surface area is 125 Å². The van der Waals surface area contributed by atoms with E-state index in [2.05, 4.69) is 41.4 Å². The highest BCUT2D eigenvalue weighted by atomic mass is 16.4. The molecule has 0 aromatic carbocycles. The van der Waals surface area contributed by atoms with E-state index in [1.807, 2.05) is 0 Å². The molecule has 0 radical (unpaired) electrons. The molecule has 1 rings (SSSR count). The summed E-state index contributed by atoms with van der Waals surface area (Å²) in [6.45, 7) is 1.71. The molecule has 108 valence electrons. The van der Waals surface area contributed by atoms with Gasteiger partial charge in [0.2, 0.25) is 0 Å². The third-order valence-electron chi connectivity index (χ3n) is 2.40. The van der Waals surface area contributed by atoms with Gasteiger partial charge in [-0.25, -0.2) is 0 Å². The summed E-state index contributed by atoms with van der Waals surface area (Å²) in [5, 5.41) is 8.54. The molecular formula is C17H16O4. The molecule has 4 nitrogen and oxygen atoms in total. The van der Waals surface area contributed by atoms with E-state index in [0.29, 0.717) is 0 Å². The summed E-state index contributed by atoms with van der Waals surface area (Å²) in [7, 11) is 0. The van der Waals surface area contributed by atoms with Crippen molar-refractivity contribution in [1.82, 2.24) is 0 Å². The molecule has 0 amide bonds. The lowest BCUT2D eigenvalue weighted by Gasteiger charge is -2.16. The highest BCUT2D eigenvalue weighted by Gasteiger charge is 2.19. The molecule has 0 aromatic heterocycles. The van der Waals surface area contributed by atoms with Crippen molar-refractivity contribution >= 4 is 12.1 Å². The number of aliphatic carboxylic acids is 1. The number of carboxylic acid groups (broad SMARTS) is 1. The van der Waals surface area contributed by atoms with Crippen LogP contribution in [0.1, 0.15) is 39.0 Å². The van der Waals surface area contributed by atoms with Gasteiger partial charge in [0.25, 0.3) is 0 Å². The number of rotatable bonds is 1. The molecule has 0 atom stereocenters. The van der Waals surface area contributed by atoms with Crippen LogP contribution in [0.2, 0.25) is 0 Å². The van der Waals surface area contributed by atoms with Crippen LogP contribution < -0.4 is 0 Å². The molecular weight excluding hydrogens is 268 g/mol. The van der Waals surface area contributed by atoms with Gasteiger partial charge in [0, 0.05) is 0 Å². The van der Waals surface area contributed by atoms with Crippen molar-refractivity contribution in [2.24, 2.45) is 5.92 Å². The Morgan fingerprint density at radius 1 is 1.00 bits per heavy atom. The largest absolute Gasteiger partial charge is 0.481 e. The first-order valence-electron chi connectivity index (χ1n) is 6.23. The van der Waals surface area contributed by atoms with Gasteiger partial charge in [-0.15, -0.1) is 6.42 Å². The van der Waals surface area contributed by atoms with Gasteiger partial charge in [-0.2, -0.15) is 9.59 Å². The summed E-state index contributed by atoms with van der Waals surface area (Å²) in [5.74, 6) is 16.3. The zero-order chi connectivity index (χ0) is 16.3. The van der Waals surface area contributed by atoms with Crippen LogP contribution in [0.4, 0.5) is 0 Å². The molecule has 0 saturated heterocycles. The predicted molar refractivity (Wildman–Crippen MR) is 77.1 cm³/mol. The summed E-state index contributed by atoms with van der Waals surface area (Å²) >= 11 is 0. The Balaban J connectivity index is 0. The molecule has 0 unspecified atom stereocenters. The SMILES string of the molecule is C#CC#CC#CC#CC.O=C(O)C1CCCCC1.O=C=O. The van der Waals surface area contributed by atoms with E-state index in [-0.39, 0.29) is 12.1 Å². The average molecular weight is 284 g/mol. The number of carbonyl (C=O) groups is 1. The van der Waals surface area contributed by atoms with Crippen LogP contribution in [0, 0.1) is 53.8 Å². The fraction of sp³-hybridized carbons (Fsp3) is 0.412. The lowest BCUT2D eigenvalue weighted by atomic mass is 9.90. The van der Waals surface area contributed by atoms with Crippen LogP contribution in [-0.4, -0.2) is 17.2 Å². The predicted octanol–water partition coefficient (Wildman–Crippen LogP) is 1.72. The summed E-state index contributed by atoms with van der Waals surface area (Å²) in [6, 6.07) is 0. The summed E-state index contributed by atoms with van der Waals surface area (Å²) in [5.41, 5.74) is 0. The van der Waals surface area contributed by atoms with E-state index in [1.165, 1.54) is 6.42 Å². The van der Waals surface area contributed by atoms with Crippen molar-refractivity contribution in [3.8, 4) is 47.9 Å². The molecule has 21 heavy (non-hydrogen) atoms. The molecule has 1 fully saturated rings. The Bertz CT molecular complexity index is 550. The minimum absolute atomic E-state index is 0.0289. The fourth-order valence-corrected chi connectivity index (χ4v) is 1.54. The second-order valence-electron chi connectivity index (χ2n) is 3.78. The van der Waals surface area contributed by atoms with Crippen LogP contribution >= 0.6 is 0 Å². The van der Waals surface area contributed by atoms with Crippen molar-refractivity contribution in [3.05, 3.63) is 0 Å². The molecule has 0 heterocycles. The number of carbonyl (C=O) groups excluding carboxylic acids is 2. The summed E-state index contributed by atoms with van der Waals surface area (Å²) < 4.78 is 0. The zero-order valence-corrected chi connectivity index (χ0v) is 11.9. The lowest BCUT2D eigenvalue weighted by Crippen LogP contribution is -2.16. The third-order valence-corrected chi connectivity index (χ3v) is 2.40. The Morgan fingerprint density at radius 3 is 1.86 bits per heavy atom. The highest BCUT2D eigenvalue weighted by molar-refractivity contribution is 5.69. The Hall–Kier alpha value is -2.91. The molecule has 0 spiro atoms. The van der Waals surface area contributed by atoms with E-state index in [9.17, 15) is 4.79 Å². The van der Waals surface area contributed by atoms with Gasteiger partial charge >= 0.3 is 12.1 Å². The number of carboxylic acids is 1. The smallest absolute Gasteiger partial charge is 0.373 e. The van der Waals surface area contributed by atoms with E-state index < -0.39 is 5.97 Å². The van der Waals surface area contributed by atoms with Crippen LogP contribution in [-0.2, 0) is 14.4 Å². The van der Waals surface area contributed by atoms with Crippen molar-refractivity contribution < 1.29 is 19.5 Å². The molecule has 1 saturated carbocycles. The fourth-order valence-electron chi connectivity index (χ4n) is 1.54. The van der Waals surface area contributed by atoms with Crippen molar-refractivity contribution in [2.45, 2.75) is 39.0 Å². The highest BCUT2D eigenvalue weighted by Crippen LogP contribution is 2.23. The van der Waals surface area contributed by atoms with Crippen LogP contribution in [0.25, 0.3) is 0 Å². The summed E-state index contributed by atoms with van der Waals surface area (Å²) in [6.07, 6.45) is 10.3. The number of hydrogen-bond donors (Lipinski definition) is 1. The van der Waals surface area contributed by atoms with Crippen LogP contribution in [0.5, 0.6) is 0 Å². The maximum absolute atomic E-state index is 10.4. The van der Waals surface area contributed by atoms with Crippen LogP contribution in [0.3, 0.4) is 0 Å². The maximum atomic E-state index is 10.4. The first-order chi connectivity index (χ1) is 10.1. The van der Waals surface area contributed by atoms with Gasteiger partial charge in [-0.05, 0) is 55.3 Å². The van der Waals surface area contributed by atoms with Crippen molar-refractivity contribution in [1.29, 1.82) is 0 Å². The molecule has 0 aliphatic heterocycles. The topological polar surface area (TPSA) is 71.4 Å². The monoisotopic (exact) mass is 284 g/mol. The van der Waals surface area contributed by atoms with Crippen molar-refractivity contribution in [2.75, 3.05) is 0 Å². The average Bonchev–Trinajstić information content (AvgIpc) is 2.49. The van der Waals surface area contributed by atoms with Gasteiger partial charge in [-0.3, -0.25) is 4.79 Å². The van der Waals surface area contributed by atoms with E-state index >= 15 is 0 Å². The van der Waals surface area contributed by atoms with Gasteiger partial charge in [0.05, 0.1) is 5.92 Å². The normalized spacial score (nSPS) is 11.2. The first kappa shape index (κ1) is 20.4. The minimum atomic E-state index is -0.602. The minimum Gasteiger partial charge on any atom is -0.481 e. The van der Waals surface area contributed by atoms with Crippen LogP contribution in [0.15, 0.2) is 0 Å². The van der Waals surface area contributed by atoms with E-state index in [4.69, 9.17) is 21.1 Å². The maximum Gasteiger partial charge on any atom is 0.373 e. The zero-order valence-electron chi connectivity index (χ0n) is 11.9. The van der Waals surface area contributed by atoms with E-state index in [1.54, 1.807) is 6.92 Å². The third kappa shape index (κ3) is 17.1. The van der Waals surface area contributed by atoms with Crippen molar-refractivity contribution in [3.63, 3.8) is 0 Å². The quantitative estimate of drug-likeness (QED) is 0.744. The number of terminal acetylenes is 1. The van der Waals surface area contributed by atoms with Gasteiger partial charge in [0.1, 0.15) is 0 Å². The molecule has 0 aromatic rings. The van der Waals surface area contributed by atoms with E-state index in [0.717, 1.165) is 25.7 Å². The van der Waals surface area contributed by atoms with Gasteiger partial charge in [0.15, 0.2) is 0 Å². The Kier molecular flexibility index (Phi) is 16.6.